The Morgan fingerprint density at radius 3 is 2.54 bits per heavy atom. The molecule has 1 atom stereocenters. The first-order chi connectivity index (χ1) is 12.5. The summed E-state index contributed by atoms with van der Waals surface area (Å²) in [4.78, 5) is 25.8. The molecule has 1 aliphatic heterocycles. The first kappa shape index (κ1) is 18.0. The number of hydrogen-bond acceptors (Lipinski definition) is 2. The van der Waals surface area contributed by atoms with E-state index in [1.807, 2.05) is 67.3 Å². The Morgan fingerprint density at radius 2 is 1.88 bits per heavy atom. The number of benzene rings is 2. The molecular weight excluding hydrogens is 326 g/mol. The van der Waals surface area contributed by atoms with Crippen molar-refractivity contribution in [3.8, 4) is 0 Å². The molecule has 0 saturated carbocycles. The second-order valence-electron chi connectivity index (χ2n) is 6.79. The van der Waals surface area contributed by atoms with Gasteiger partial charge in [-0.05, 0) is 49.1 Å². The molecule has 1 heterocycles. The molecule has 1 fully saturated rings. The van der Waals surface area contributed by atoms with Crippen LogP contribution in [0.5, 0.6) is 0 Å². The van der Waals surface area contributed by atoms with E-state index in [1.54, 1.807) is 0 Å². The van der Waals surface area contributed by atoms with Gasteiger partial charge in [-0.3, -0.25) is 4.79 Å². The average molecular weight is 351 g/mol. The van der Waals surface area contributed by atoms with E-state index in [-0.39, 0.29) is 18.0 Å². The standard InChI is InChI=1S/C21H25N3O2/c1-15-6-3-4-7-19(15)16(2)22-21(26)23-18-11-9-17(10-12-18)14-24-13-5-8-20(24)25/h3-4,6-7,9-12,16H,5,8,13-14H2,1-2H3,(H2,22,23,26). The van der Waals surface area contributed by atoms with E-state index >= 15 is 0 Å². The van der Waals surface area contributed by atoms with Crippen LogP contribution in [0.1, 0.15) is 42.5 Å². The first-order valence-electron chi connectivity index (χ1n) is 9.02. The van der Waals surface area contributed by atoms with Crippen LogP contribution < -0.4 is 10.6 Å². The SMILES string of the molecule is Cc1ccccc1C(C)NC(=O)Nc1ccc(CN2CCCC2=O)cc1. The van der Waals surface area contributed by atoms with Gasteiger partial charge in [0.15, 0.2) is 0 Å². The molecule has 5 heteroatoms. The van der Waals surface area contributed by atoms with Gasteiger partial charge in [-0.1, -0.05) is 36.4 Å². The molecule has 0 aromatic heterocycles. The summed E-state index contributed by atoms with van der Waals surface area (Å²) in [7, 11) is 0. The monoisotopic (exact) mass is 351 g/mol. The minimum atomic E-state index is -0.233. The van der Waals surface area contributed by atoms with Crippen molar-refractivity contribution >= 4 is 17.6 Å². The van der Waals surface area contributed by atoms with Crippen molar-refractivity contribution < 1.29 is 9.59 Å². The van der Waals surface area contributed by atoms with Crippen LogP contribution in [0, 0.1) is 6.92 Å². The molecule has 3 rings (SSSR count). The normalized spacial score (nSPS) is 15.0. The Bertz CT molecular complexity index is 786. The predicted octanol–water partition coefficient (Wildman–Crippen LogP) is 4.00. The lowest BCUT2D eigenvalue weighted by atomic mass is 10.0. The zero-order valence-electron chi connectivity index (χ0n) is 15.3. The summed E-state index contributed by atoms with van der Waals surface area (Å²) in [5.74, 6) is 0.219. The van der Waals surface area contributed by atoms with Crippen molar-refractivity contribution in [2.45, 2.75) is 39.3 Å². The lowest BCUT2D eigenvalue weighted by Crippen LogP contribution is -2.31. The average Bonchev–Trinajstić information content (AvgIpc) is 3.01. The number of carbonyl (C=O) groups excluding carboxylic acids is 2. The maximum atomic E-state index is 12.2. The van der Waals surface area contributed by atoms with E-state index in [2.05, 4.69) is 10.6 Å². The molecule has 26 heavy (non-hydrogen) atoms. The van der Waals surface area contributed by atoms with Gasteiger partial charge >= 0.3 is 6.03 Å². The summed E-state index contributed by atoms with van der Waals surface area (Å²) in [5.41, 5.74) is 4.06. The third-order valence-corrected chi connectivity index (χ3v) is 4.76. The lowest BCUT2D eigenvalue weighted by Gasteiger charge is -2.18. The molecular formula is C21H25N3O2. The van der Waals surface area contributed by atoms with Gasteiger partial charge in [-0.25, -0.2) is 4.79 Å². The van der Waals surface area contributed by atoms with Crippen LogP contribution in [-0.4, -0.2) is 23.4 Å². The Hall–Kier alpha value is -2.82. The fraction of sp³-hybridized carbons (Fsp3) is 0.333. The van der Waals surface area contributed by atoms with Crippen LogP contribution in [-0.2, 0) is 11.3 Å². The topological polar surface area (TPSA) is 61.4 Å². The van der Waals surface area contributed by atoms with E-state index in [1.165, 1.54) is 0 Å². The van der Waals surface area contributed by atoms with Crippen LogP contribution in [0.15, 0.2) is 48.5 Å². The summed E-state index contributed by atoms with van der Waals surface area (Å²) in [6.07, 6.45) is 1.59. The molecule has 2 aromatic rings. The summed E-state index contributed by atoms with van der Waals surface area (Å²) < 4.78 is 0. The van der Waals surface area contributed by atoms with Crippen molar-refractivity contribution in [2.75, 3.05) is 11.9 Å². The molecule has 1 unspecified atom stereocenters. The number of aryl methyl sites for hydroxylation is 1. The third kappa shape index (κ3) is 4.42. The van der Waals surface area contributed by atoms with Crippen molar-refractivity contribution in [3.05, 3.63) is 65.2 Å². The maximum absolute atomic E-state index is 12.2. The number of carbonyl (C=O) groups is 2. The molecule has 0 radical (unpaired) electrons. The van der Waals surface area contributed by atoms with E-state index in [9.17, 15) is 9.59 Å². The molecule has 0 aliphatic carbocycles. The molecule has 3 amide bonds. The Morgan fingerprint density at radius 1 is 1.15 bits per heavy atom. The number of amides is 3. The largest absolute Gasteiger partial charge is 0.338 e. The van der Waals surface area contributed by atoms with Gasteiger partial charge in [-0.15, -0.1) is 0 Å². The second kappa shape index (κ2) is 8.04. The first-order valence-corrected chi connectivity index (χ1v) is 9.02. The van der Waals surface area contributed by atoms with Crippen LogP contribution in [0.4, 0.5) is 10.5 Å². The van der Waals surface area contributed by atoms with E-state index < -0.39 is 0 Å². The molecule has 1 saturated heterocycles. The van der Waals surface area contributed by atoms with E-state index in [0.717, 1.165) is 35.3 Å². The second-order valence-corrected chi connectivity index (χ2v) is 6.79. The van der Waals surface area contributed by atoms with Gasteiger partial charge in [0.05, 0.1) is 6.04 Å². The Kier molecular flexibility index (Phi) is 5.56. The zero-order valence-corrected chi connectivity index (χ0v) is 15.3. The van der Waals surface area contributed by atoms with Gasteiger partial charge in [0, 0.05) is 25.2 Å². The molecule has 0 spiro atoms. The number of hydrogen-bond donors (Lipinski definition) is 2. The number of anilines is 1. The van der Waals surface area contributed by atoms with Crippen LogP contribution in [0.3, 0.4) is 0 Å². The molecule has 5 nitrogen and oxygen atoms in total. The van der Waals surface area contributed by atoms with Gasteiger partial charge in [-0.2, -0.15) is 0 Å². The summed E-state index contributed by atoms with van der Waals surface area (Å²) in [6.45, 7) is 5.47. The van der Waals surface area contributed by atoms with Crippen molar-refractivity contribution in [1.82, 2.24) is 10.2 Å². The highest BCUT2D eigenvalue weighted by Crippen LogP contribution is 2.18. The molecule has 0 bridgehead atoms. The molecule has 136 valence electrons. The summed E-state index contributed by atoms with van der Waals surface area (Å²) in [5, 5.41) is 5.82. The van der Waals surface area contributed by atoms with Gasteiger partial charge < -0.3 is 15.5 Å². The van der Waals surface area contributed by atoms with Crippen LogP contribution in [0.25, 0.3) is 0 Å². The highest BCUT2D eigenvalue weighted by Gasteiger charge is 2.19. The quantitative estimate of drug-likeness (QED) is 0.855. The van der Waals surface area contributed by atoms with Gasteiger partial charge in [0.25, 0.3) is 0 Å². The fourth-order valence-corrected chi connectivity index (χ4v) is 3.30. The zero-order chi connectivity index (χ0) is 18.5. The van der Waals surface area contributed by atoms with E-state index in [4.69, 9.17) is 0 Å². The van der Waals surface area contributed by atoms with Crippen molar-refractivity contribution in [3.63, 3.8) is 0 Å². The molecule has 2 N–H and O–H groups in total. The fourth-order valence-electron chi connectivity index (χ4n) is 3.30. The summed E-state index contributed by atoms with van der Waals surface area (Å²) in [6, 6.07) is 15.4. The van der Waals surface area contributed by atoms with Crippen LogP contribution in [0.2, 0.25) is 0 Å². The highest BCUT2D eigenvalue weighted by atomic mass is 16.2. The molecule has 1 aliphatic rings. The Labute approximate surface area is 154 Å². The predicted molar refractivity (Wildman–Crippen MR) is 103 cm³/mol. The smallest absolute Gasteiger partial charge is 0.319 e. The Balaban J connectivity index is 1.54. The molecule has 2 aromatic carbocycles. The van der Waals surface area contributed by atoms with Gasteiger partial charge in [0.2, 0.25) is 5.91 Å². The van der Waals surface area contributed by atoms with Crippen molar-refractivity contribution in [2.24, 2.45) is 0 Å². The number of nitrogens with zero attached hydrogens (tertiary/aromatic N) is 1. The van der Waals surface area contributed by atoms with E-state index in [0.29, 0.717) is 13.0 Å². The van der Waals surface area contributed by atoms with Crippen LogP contribution >= 0.6 is 0 Å². The summed E-state index contributed by atoms with van der Waals surface area (Å²) >= 11 is 0. The minimum absolute atomic E-state index is 0.0725. The maximum Gasteiger partial charge on any atom is 0.319 e. The minimum Gasteiger partial charge on any atom is -0.338 e. The number of urea groups is 1. The third-order valence-electron chi connectivity index (χ3n) is 4.76. The van der Waals surface area contributed by atoms with Crippen molar-refractivity contribution in [1.29, 1.82) is 0 Å². The number of rotatable bonds is 5. The van der Waals surface area contributed by atoms with Gasteiger partial charge in [0.1, 0.15) is 0 Å². The number of likely N-dealkylation sites (tertiary alicyclic amines) is 1. The highest BCUT2D eigenvalue weighted by molar-refractivity contribution is 5.89. The lowest BCUT2D eigenvalue weighted by molar-refractivity contribution is -0.128. The number of nitrogens with one attached hydrogen (secondary N) is 2.